The van der Waals surface area contributed by atoms with Gasteiger partial charge in [-0.05, 0) is 18.4 Å². The molecular weight excluding hydrogens is 156 g/mol. The van der Waals surface area contributed by atoms with Crippen molar-refractivity contribution < 1.29 is 14.6 Å². The van der Waals surface area contributed by atoms with Crippen molar-refractivity contribution in [3.8, 4) is 0 Å². The molecule has 0 aromatic carbocycles. The van der Waals surface area contributed by atoms with E-state index in [0.717, 1.165) is 18.4 Å². The van der Waals surface area contributed by atoms with Crippen LogP contribution < -0.4 is 0 Å². The second-order valence-corrected chi connectivity index (χ2v) is 2.98. The summed E-state index contributed by atoms with van der Waals surface area (Å²) in [4.78, 5) is 0. The van der Waals surface area contributed by atoms with E-state index in [4.69, 9.17) is 9.47 Å². The molecule has 1 atom stereocenters. The van der Waals surface area contributed by atoms with Gasteiger partial charge in [-0.2, -0.15) is 0 Å². The maximum atomic E-state index is 9.45. The van der Waals surface area contributed by atoms with Crippen LogP contribution in [0.4, 0.5) is 0 Å². The van der Waals surface area contributed by atoms with Gasteiger partial charge in [0.1, 0.15) is 0 Å². The van der Waals surface area contributed by atoms with E-state index in [1.165, 1.54) is 0 Å². The topological polar surface area (TPSA) is 38.7 Å². The first kappa shape index (κ1) is 9.71. The highest BCUT2D eigenvalue weighted by Gasteiger charge is 2.19. The van der Waals surface area contributed by atoms with Gasteiger partial charge >= 0.3 is 0 Å². The molecule has 1 N–H and O–H groups in total. The van der Waals surface area contributed by atoms with Crippen LogP contribution in [0, 0.1) is 0 Å². The summed E-state index contributed by atoms with van der Waals surface area (Å²) in [6, 6.07) is 0. The van der Waals surface area contributed by atoms with Crippen molar-refractivity contribution in [1.82, 2.24) is 0 Å². The minimum atomic E-state index is -0.280. The summed E-state index contributed by atoms with van der Waals surface area (Å²) in [7, 11) is 3.21. The Labute approximate surface area is 73.0 Å². The van der Waals surface area contributed by atoms with E-state index < -0.39 is 0 Å². The fraction of sp³-hybridized carbons (Fsp3) is 0.778. The highest BCUT2D eigenvalue weighted by molar-refractivity contribution is 5.14. The van der Waals surface area contributed by atoms with Gasteiger partial charge in [-0.1, -0.05) is 6.08 Å². The minimum absolute atomic E-state index is 0.219. The Morgan fingerprint density at radius 3 is 2.67 bits per heavy atom. The highest BCUT2D eigenvalue weighted by atomic mass is 16.7. The van der Waals surface area contributed by atoms with Gasteiger partial charge in [0.25, 0.3) is 0 Å². The van der Waals surface area contributed by atoms with E-state index in [-0.39, 0.29) is 12.4 Å². The van der Waals surface area contributed by atoms with E-state index in [1.807, 2.05) is 0 Å². The number of rotatable bonds is 4. The van der Waals surface area contributed by atoms with Crippen molar-refractivity contribution in [2.24, 2.45) is 0 Å². The first-order valence-electron chi connectivity index (χ1n) is 4.20. The molecule has 1 aliphatic rings. The predicted octanol–water partition coefficient (Wildman–Crippen LogP) is 1.08. The number of aliphatic hydroxyl groups is 1. The number of methoxy groups -OCH3 is 2. The number of allylic oxidation sites excluding steroid dienone is 1. The number of hydrogen-bond donors (Lipinski definition) is 1. The van der Waals surface area contributed by atoms with Crippen molar-refractivity contribution in [2.45, 2.75) is 31.7 Å². The SMILES string of the molecule is COC(CC1=CCCC1O)OC. The van der Waals surface area contributed by atoms with E-state index in [1.54, 1.807) is 14.2 Å². The largest absolute Gasteiger partial charge is 0.389 e. The molecule has 0 saturated heterocycles. The molecular formula is C9H16O3. The Bertz CT molecular complexity index is 161. The van der Waals surface area contributed by atoms with Crippen LogP contribution in [0.5, 0.6) is 0 Å². The van der Waals surface area contributed by atoms with Gasteiger partial charge in [0.2, 0.25) is 0 Å². The van der Waals surface area contributed by atoms with Crippen LogP contribution in [-0.4, -0.2) is 31.7 Å². The summed E-state index contributed by atoms with van der Waals surface area (Å²) in [5.74, 6) is 0. The van der Waals surface area contributed by atoms with Crippen molar-refractivity contribution in [2.75, 3.05) is 14.2 Å². The minimum Gasteiger partial charge on any atom is -0.389 e. The molecule has 1 aliphatic carbocycles. The summed E-state index contributed by atoms with van der Waals surface area (Å²) >= 11 is 0. The lowest BCUT2D eigenvalue weighted by Gasteiger charge is -2.15. The Morgan fingerprint density at radius 1 is 1.58 bits per heavy atom. The van der Waals surface area contributed by atoms with E-state index in [2.05, 4.69) is 6.08 Å². The van der Waals surface area contributed by atoms with Gasteiger partial charge in [-0.25, -0.2) is 0 Å². The normalized spacial score (nSPS) is 23.3. The molecule has 12 heavy (non-hydrogen) atoms. The zero-order chi connectivity index (χ0) is 8.97. The maximum absolute atomic E-state index is 9.45. The molecule has 0 aliphatic heterocycles. The van der Waals surface area contributed by atoms with E-state index >= 15 is 0 Å². The van der Waals surface area contributed by atoms with Crippen molar-refractivity contribution >= 4 is 0 Å². The summed E-state index contributed by atoms with van der Waals surface area (Å²) < 4.78 is 10.1. The molecule has 70 valence electrons. The predicted molar refractivity (Wildman–Crippen MR) is 45.7 cm³/mol. The van der Waals surface area contributed by atoms with E-state index in [9.17, 15) is 5.11 Å². The molecule has 1 rings (SSSR count). The highest BCUT2D eigenvalue weighted by Crippen LogP contribution is 2.23. The van der Waals surface area contributed by atoms with Crippen molar-refractivity contribution in [1.29, 1.82) is 0 Å². The number of hydrogen-bond acceptors (Lipinski definition) is 3. The monoisotopic (exact) mass is 172 g/mol. The third kappa shape index (κ3) is 2.30. The molecule has 0 heterocycles. The van der Waals surface area contributed by atoms with Crippen LogP contribution in [0.1, 0.15) is 19.3 Å². The first-order valence-corrected chi connectivity index (χ1v) is 4.20. The number of aliphatic hydroxyl groups excluding tert-OH is 1. The smallest absolute Gasteiger partial charge is 0.160 e. The fourth-order valence-electron chi connectivity index (χ4n) is 1.42. The zero-order valence-electron chi connectivity index (χ0n) is 7.62. The lowest BCUT2D eigenvalue weighted by molar-refractivity contribution is -0.102. The maximum Gasteiger partial charge on any atom is 0.160 e. The van der Waals surface area contributed by atoms with Gasteiger partial charge in [-0.15, -0.1) is 0 Å². The Hall–Kier alpha value is -0.380. The second kappa shape index (κ2) is 4.60. The molecule has 3 nitrogen and oxygen atoms in total. The summed E-state index contributed by atoms with van der Waals surface area (Å²) in [5, 5.41) is 9.45. The second-order valence-electron chi connectivity index (χ2n) is 2.98. The fourth-order valence-corrected chi connectivity index (χ4v) is 1.42. The van der Waals surface area contributed by atoms with Gasteiger partial charge in [0.15, 0.2) is 6.29 Å². The zero-order valence-corrected chi connectivity index (χ0v) is 7.62. The molecule has 0 amide bonds. The summed E-state index contributed by atoms with van der Waals surface area (Å²) in [6.07, 6.45) is 4.05. The molecule has 0 bridgehead atoms. The Morgan fingerprint density at radius 2 is 2.25 bits per heavy atom. The standard InChI is InChI=1S/C9H16O3/c1-11-9(12-2)6-7-4-3-5-8(7)10/h4,8-10H,3,5-6H2,1-2H3. The molecule has 0 saturated carbocycles. The molecule has 0 fully saturated rings. The van der Waals surface area contributed by atoms with Crippen LogP contribution in [0.2, 0.25) is 0 Å². The lowest BCUT2D eigenvalue weighted by Crippen LogP contribution is -2.17. The first-order chi connectivity index (χ1) is 5.77. The molecule has 3 heteroatoms. The quantitative estimate of drug-likeness (QED) is 0.509. The van der Waals surface area contributed by atoms with Crippen LogP contribution in [0.3, 0.4) is 0 Å². The molecule has 0 aromatic heterocycles. The van der Waals surface area contributed by atoms with Crippen LogP contribution in [0.15, 0.2) is 11.6 Å². The third-order valence-corrected chi connectivity index (χ3v) is 2.20. The number of ether oxygens (including phenoxy) is 2. The molecule has 0 aromatic rings. The average molecular weight is 172 g/mol. The Balaban J connectivity index is 2.38. The van der Waals surface area contributed by atoms with Gasteiger partial charge in [0, 0.05) is 20.6 Å². The van der Waals surface area contributed by atoms with Gasteiger partial charge in [0.05, 0.1) is 6.10 Å². The van der Waals surface area contributed by atoms with Crippen molar-refractivity contribution in [3.63, 3.8) is 0 Å². The summed E-state index contributed by atoms with van der Waals surface area (Å²) in [6.45, 7) is 0. The molecule has 1 unspecified atom stereocenters. The average Bonchev–Trinajstić information content (AvgIpc) is 2.47. The van der Waals surface area contributed by atoms with Gasteiger partial charge in [-0.3, -0.25) is 0 Å². The molecule has 0 spiro atoms. The van der Waals surface area contributed by atoms with Crippen LogP contribution >= 0.6 is 0 Å². The van der Waals surface area contributed by atoms with Crippen LogP contribution in [0.25, 0.3) is 0 Å². The molecule has 0 radical (unpaired) electrons. The lowest BCUT2D eigenvalue weighted by atomic mass is 10.1. The summed E-state index contributed by atoms with van der Waals surface area (Å²) in [5.41, 5.74) is 1.05. The van der Waals surface area contributed by atoms with Crippen molar-refractivity contribution in [3.05, 3.63) is 11.6 Å². The van der Waals surface area contributed by atoms with E-state index in [0.29, 0.717) is 6.42 Å². The Kier molecular flexibility index (Phi) is 3.72. The van der Waals surface area contributed by atoms with Crippen LogP contribution in [-0.2, 0) is 9.47 Å². The van der Waals surface area contributed by atoms with Gasteiger partial charge < -0.3 is 14.6 Å². The third-order valence-electron chi connectivity index (χ3n) is 2.20.